The second kappa shape index (κ2) is 47.3. The molecule has 410 valence electrons. The van der Waals surface area contributed by atoms with Gasteiger partial charge in [-0.15, -0.1) is 5.56 Å². The maximum atomic E-state index is 3.76. The first-order chi connectivity index (χ1) is 33.3. The molecule has 1 aromatic heterocycles. The van der Waals surface area contributed by atoms with Gasteiger partial charge in [0.25, 0.3) is 0 Å². The second-order valence-corrected chi connectivity index (χ2v) is 21.0. The Labute approximate surface area is 494 Å². The number of rotatable bonds is 0. The minimum absolute atomic E-state index is 0. The Balaban J connectivity index is -0.000000752. The van der Waals surface area contributed by atoms with Gasteiger partial charge in [-0.25, -0.2) is 0 Å². The quantitative estimate of drug-likeness (QED) is 0.128. The molecule has 0 amide bonds. The summed E-state index contributed by atoms with van der Waals surface area (Å²) >= 11 is 0. The van der Waals surface area contributed by atoms with E-state index in [-0.39, 0.29) is 63.2 Å². The largest absolute Gasteiger partial charge is 0.394 e. The van der Waals surface area contributed by atoms with E-state index in [4.69, 9.17) is 0 Å². The summed E-state index contributed by atoms with van der Waals surface area (Å²) in [6.07, 6.45) is 17.2. The Kier molecular flexibility index (Phi) is 48.9. The SMILES string of the molecule is CC1=CCN(C)CC1.CC1=CCN(C)CC1.CC1CCN(C)CC1.CC1CCN(C)CC1.CN1CCN(C)CC1.Cc1[c-]cc(C)cc1.Cc1cc[c-]cc1.Cc1cc[c-]nc1.Cc1cccc(C)c1.[W].[W].[W]. The molecule has 0 atom stereocenters. The Morgan fingerprint density at radius 3 is 1.08 bits per heavy atom. The van der Waals surface area contributed by atoms with Gasteiger partial charge in [-0.05, 0) is 147 Å². The minimum atomic E-state index is 0. The zero-order valence-corrected chi connectivity index (χ0v) is 57.8. The summed E-state index contributed by atoms with van der Waals surface area (Å²) in [6.45, 7) is 36.4. The van der Waals surface area contributed by atoms with Crippen LogP contribution in [-0.4, -0.2) is 155 Å². The molecule has 0 bridgehead atoms. The first-order valence-electron chi connectivity index (χ1n) is 26.4. The van der Waals surface area contributed by atoms with E-state index in [1.165, 1.54) is 137 Å². The van der Waals surface area contributed by atoms with Crippen LogP contribution in [0.4, 0.5) is 0 Å². The monoisotopic (exact) mass is 1510 g/mol. The number of aromatic nitrogens is 1. The average Bonchev–Trinajstić information content (AvgIpc) is 3.34. The zero-order valence-electron chi connectivity index (χ0n) is 49.0. The molecular formula is C63H102N7W3-3. The summed E-state index contributed by atoms with van der Waals surface area (Å²) in [7, 11) is 13.1. The summed E-state index contributed by atoms with van der Waals surface area (Å²) in [5.74, 6) is 1.96. The van der Waals surface area contributed by atoms with Crippen molar-refractivity contribution in [3.8, 4) is 0 Å². The van der Waals surface area contributed by atoms with Gasteiger partial charge in [0.15, 0.2) is 0 Å². The van der Waals surface area contributed by atoms with Gasteiger partial charge in [0.1, 0.15) is 0 Å². The van der Waals surface area contributed by atoms with E-state index in [2.05, 4.69) is 199 Å². The number of likely N-dealkylation sites (N-methyl/N-ethyl adjacent to an activating group) is 4. The Morgan fingerprint density at radius 1 is 0.438 bits per heavy atom. The van der Waals surface area contributed by atoms with Gasteiger partial charge < -0.3 is 34.4 Å². The summed E-state index contributed by atoms with van der Waals surface area (Å²) < 4.78 is 0. The topological polar surface area (TPSA) is 32.3 Å². The van der Waals surface area contributed by atoms with E-state index in [1.807, 2.05) is 50.2 Å². The summed E-state index contributed by atoms with van der Waals surface area (Å²) in [6, 6.07) is 32.3. The van der Waals surface area contributed by atoms with Crippen LogP contribution in [0.5, 0.6) is 0 Å². The molecule has 9 rings (SSSR count). The predicted molar refractivity (Wildman–Crippen MR) is 307 cm³/mol. The maximum absolute atomic E-state index is 3.76. The van der Waals surface area contributed by atoms with Crippen molar-refractivity contribution in [1.29, 1.82) is 0 Å². The standard InChI is InChI=1S/C8H9.C8H10.2C7H15N.2C7H13N.C7H7.C6H14N2.C6H6N.3W/c1-7-3-5-8(2)6-4-7;1-7-4-3-5-8(2)6-7;4*1-7-3-5-8(2)6-4-7;1-7-5-3-2-4-6-7;1-7-3-5-8(2)6-4-7;1-6-3-2-4-7-5-6;;;/h3-5H,1-2H3;3-6H,1-2H3;2*7H,3-6H2,1-2H3;2*3H,4-6H2,1-2H3;3-6H,1H3;3-6H2,1-2H3;2-3,5H,1H3;;;/q-1;;;;;;-1;;-1;;;. The number of nitrogens with zero attached hydrogens (tertiary/aromatic N) is 7. The third kappa shape index (κ3) is 46.0. The van der Waals surface area contributed by atoms with Crippen LogP contribution >= 0.6 is 0 Å². The van der Waals surface area contributed by atoms with Crippen LogP contribution in [0.15, 0.2) is 108 Å². The molecule has 7 nitrogen and oxygen atoms in total. The molecule has 0 spiro atoms. The van der Waals surface area contributed by atoms with Crippen molar-refractivity contribution >= 4 is 0 Å². The molecule has 5 aliphatic rings. The molecule has 3 aromatic carbocycles. The number of hydrogen-bond acceptors (Lipinski definition) is 7. The number of aryl methyl sites for hydroxylation is 6. The fourth-order valence-electron chi connectivity index (χ4n) is 7.18. The molecule has 10 heteroatoms. The number of likely N-dealkylation sites (tertiary alicyclic amines) is 2. The average molecular weight is 1510 g/mol. The Hall–Kier alpha value is -1.89. The number of benzene rings is 3. The molecule has 0 saturated carbocycles. The predicted octanol–water partition coefficient (Wildman–Crippen LogP) is 12.5. The van der Waals surface area contributed by atoms with Crippen LogP contribution in [0.1, 0.15) is 99.6 Å². The van der Waals surface area contributed by atoms with Crippen LogP contribution in [0, 0.1) is 71.7 Å². The molecule has 0 N–H and O–H groups in total. The summed E-state index contributed by atoms with van der Waals surface area (Å²) in [5.41, 5.74) is 10.7. The summed E-state index contributed by atoms with van der Waals surface area (Å²) in [4.78, 5) is 17.9. The normalized spacial score (nSPS) is 17.4. The first kappa shape index (κ1) is 75.4. The number of piperazine rings is 1. The van der Waals surface area contributed by atoms with Crippen molar-refractivity contribution in [2.24, 2.45) is 11.8 Å². The van der Waals surface area contributed by atoms with E-state index in [9.17, 15) is 0 Å². The van der Waals surface area contributed by atoms with Crippen molar-refractivity contribution in [2.45, 2.75) is 108 Å². The van der Waals surface area contributed by atoms with Crippen molar-refractivity contribution in [3.63, 3.8) is 0 Å². The molecule has 0 radical (unpaired) electrons. The molecule has 0 aliphatic carbocycles. The van der Waals surface area contributed by atoms with Gasteiger partial charge >= 0.3 is 0 Å². The zero-order chi connectivity index (χ0) is 52.1. The van der Waals surface area contributed by atoms with Gasteiger partial charge in [0.05, 0.1) is 0 Å². The third-order valence-corrected chi connectivity index (χ3v) is 13.0. The van der Waals surface area contributed by atoms with Crippen molar-refractivity contribution in [3.05, 3.63) is 160 Å². The van der Waals surface area contributed by atoms with E-state index >= 15 is 0 Å². The van der Waals surface area contributed by atoms with Gasteiger partial charge in [0, 0.05) is 116 Å². The van der Waals surface area contributed by atoms with Crippen molar-refractivity contribution < 1.29 is 63.2 Å². The van der Waals surface area contributed by atoms with Crippen molar-refractivity contribution in [2.75, 3.05) is 121 Å². The van der Waals surface area contributed by atoms with E-state index in [0.717, 1.165) is 24.9 Å². The number of hydrogen-bond donors (Lipinski definition) is 0. The molecule has 3 fully saturated rings. The van der Waals surface area contributed by atoms with Gasteiger partial charge in [0.2, 0.25) is 0 Å². The molecule has 3 saturated heterocycles. The first-order valence-corrected chi connectivity index (χ1v) is 26.4. The van der Waals surface area contributed by atoms with Crippen LogP contribution in [0.3, 0.4) is 0 Å². The molecule has 0 unspecified atom stereocenters. The Bertz CT molecular complexity index is 1710. The molecule has 4 aromatic rings. The fraction of sp³-hybridized carbons (Fsp3) is 0.571. The molecule has 5 aliphatic heterocycles. The smallest absolute Gasteiger partial charge is 0.0162 e. The second-order valence-electron chi connectivity index (χ2n) is 21.0. The van der Waals surface area contributed by atoms with E-state index in [0.29, 0.717) is 0 Å². The minimum Gasteiger partial charge on any atom is -0.394 e. The van der Waals surface area contributed by atoms with Crippen LogP contribution in [0.25, 0.3) is 0 Å². The maximum Gasteiger partial charge on any atom is 0.0162 e. The van der Waals surface area contributed by atoms with Crippen LogP contribution in [0.2, 0.25) is 0 Å². The summed E-state index contributed by atoms with van der Waals surface area (Å²) in [5, 5.41) is 0. The van der Waals surface area contributed by atoms with E-state index < -0.39 is 0 Å². The fourth-order valence-corrected chi connectivity index (χ4v) is 7.18. The molecule has 6 heterocycles. The van der Waals surface area contributed by atoms with E-state index in [1.54, 1.807) is 23.4 Å². The number of piperidine rings is 2. The number of pyridine rings is 1. The molecular weight excluding hydrogens is 1410 g/mol. The molecule has 73 heavy (non-hydrogen) atoms. The Morgan fingerprint density at radius 2 is 0.849 bits per heavy atom. The van der Waals surface area contributed by atoms with Gasteiger partial charge in [-0.2, -0.15) is 83.4 Å². The van der Waals surface area contributed by atoms with Gasteiger partial charge in [-0.3, -0.25) is 0 Å². The third-order valence-electron chi connectivity index (χ3n) is 13.0. The van der Waals surface area contributed by atoms with Gasteiger partial charge in [-0.1, -0.05) is 113 Å². The van der Waals surface area contributed by atoms with Crippen LogP contribution in [-0.2, 0) is 63.2 Å². The van der Waals surface area contributed by atoms with Crippen molar-refractivity contribution in [1.82, 2.24) is 34.4 Å². The van der Waals surface area contributed by atoms with Crippen LogP contribution < -0.4 is 0 Å².